The number of hydrogen-bond acceptors (Lipinski definition) is 5. The first kappa shape index (κ1) is 19.4. The van der Waals surface area contributed by atoms with E-state index in [1.165, 1.54) is 5.39 Å². The molecule has 8 nitrogen and oxygen atoms in total. The van der Waals surface area contributed by atoms with Gasteiger partial charge in [0.2, 0.25) is 11.8 Å². The molecule has 9 heteroatoms. The van der Waals surface area contributed by atoms with E-state index >= 15 is 0 Å². The van der Waals surface area contributed by atoms with Gasteiger partial charge in [-0.15, -0.1) is 10.2 Å². The molecule has 1 fully saturated rings. The summed E-state index contributed by atoms with van der Waals surface area (Å²) in [6.07, 6.45) is 2.70. The lowest BCUT2D eigenvalue weighted by atomic mass is 10.1. The molecule has 29 heavy (non-hydrogen) atoms. The number of amides is 1. The summed E-state index contributed by atoms with van der Waals surface area (Å²) in [5, 5.41) is 12.3. The van der Waals surface area contributed by atoms with Gasteiger partial charge in [0.1, 0.15) is 6.67 Å². The highest BCUT2D eigenvalue weighted by Crippen LogP contribution is 2.19. The lowest BCUT2D eigenvalue weighted by Crippen LogP contribution is -2.47. The third-order valence-corrected chi connectivity index (χ3v) is 5.34. The summed E-state index contributed by atoms with van der Waals surface area (Å²) in [5.74, 6) is 0.517. The van der Waals surface area contributed by atoms with Crippen LogP contribution in [0.25, 0.3) is 10.9 Å². The summed E-state index contributed by atoms with van der Waals surface area (Å²) in [4.78, 5) is 22.9. The van der Waals surface area contributed by atoms with Crippen LogP contribution in [0.3, 0.4) is 0 Å². The smallest absolute Gasteiger partial charge is 0.289 e. The molecule has 1 amide bonds. The van der Waals surface area contributed by atoms with Crippen LogP contribution in [0.5, 0.6) is 0 Å². The van der Waals surface area contributed by atoms with Gasteiger partial charge < -0.3 is 20.2 Å². The maximum Gasteiger partial charge on any atom is 0.289 e. The van der Waals surface area contributed by atoms with Gasteiger partial charge in [0, 0.05) is 55.9 Å². The summed E-state index contributed by atoms with van der Waals surface area (Å²) < 4.78 is 12.5. The quantitative estimate of drug-likeness (QED) is 0.563. The number of aromatic amines is 2. The molecule has 0 spiro atoms. The van der Waals surface area contributed by atoms with Gasteiger partial charge in [0.25, 0.3) is 5.91 Å². The van der Waals surface area contributed by atoms with Crippen molar-refractivity contribution in [3.8, 4) is 0 Å². The molecule has 1 saturated heterocycles. The minimum atomic E-state index is -0.330. The van der Waals surface area contributed by atoms with E-state index in [-0.39, 0.29) is 24.4 Å². The second-order valence-electron chi connectivity index (χ2n) is 7.45. The molecule has 3 N–H and O–H groups in total. The molecule has 0 aliphatic carbocycles. The van der Waals surface area contributed by atoms with E-state index in [0.717, 1.165) is 37.3 Å². The normalized spacial score (nSPS) is 16.3. The number of anilines is 1. The van der Waals surface area contributed by atoms with Gasteiger partial charge in [-0.2, -0.15) is 0 Å². The zero-order valence-electron chi connectivity index (χ0n) is 16.5. The number of piperazine rings is 1. The molecule has 1 atom stereocenters. The van der Waals surface area contributed by atoms with Crippen LogP contribution in [0.1, 0.15) is 23.1 Å². The first-order valence-corrected chi connectivity index (χ1v) is 9.96. The molecule has 1 aliphatic rings. The predicted octanol–water partition coefficient (Wildman–Crippen LogP) is 1.74. The van der Waals surface area contributed by atoms with Crippen LogP contribution >= 0.6 is 0 Å². The Morgan fingerprint density at radius 1 is 1.24 bits per heavy atom. The molecule has 4 rings (SSSR count). The van der Waals surface area contributed by atoms with Crippen LogP contribution in [-0.4, -0.2) is 76.4 Å². The maximum atomic E-state index is 12.6. The van der Waals surface area contributed by atoms with Gasteiger partial charge in [-0.25, -0.2) is 4.39 Å². The number of halogens is 1. The van der Waals surface area contributed by atoms with E-state index in [2.05, 4.69) is 36.4 Å². The van der Waals surface area contributed by atoms with Crippen LogP contribution < -0.4 is 10.2 Å². The topological polar surface area (TPSA) is 92.9 Å². The van der Waals surface area contributed by atoms with E-state index < -0.39 is 0 Å². The van der Waals surface area contributed by atoms with Crippen molar-refractivity contribution in [2.45, 2.75) is 19.4 Å². The van der Waals surface area contributed by atoms with E-state index in [1.807, 2.05) is 36.2 Å². The van der Waals surface area contributed by atoms with E-state index in [9.17, 15) is 9.18 Å². The Balaban J connectivity index is 1.33. The number of H-pyrrole nitrogens is 2. The van der Waals surface area contributed by atoms with Gasteiger partial charge in [0.15, 0.2) is 0 Å². The fraction of sp³-hybridized carbons (Fsp3) is 0.450. The van der Waals surface area contributed by atoms with Crippen LogP contribution in [0.4, 0.5) is 10.3 Å². The molecule has 1 aliphatic heterocycles. The molecule has 0 bridgehead atoms. The molecule has 1 unspecified atom stereocenters. The third kappa shape index (κ3) is 4.40. The largest absolute Gasteiger partial charge is 0.361 e. The number of rotatable bonds is 7. The van der Waals surface area contributed by atoms with Crippen molar-refractivity contribution in [1.82, 2.24) is 30.4 Å². The highest BCUT2D eigenvalue weighted by atomic mass is 19.1. The first-order chi connectivity index (χ1) is 14.1. The molecule has 0 saturated carbocycles. The van der Waals surface area contributed by atoms with Gasteiger partial charge in [-0.1, -0.05) is 18.2 Å². The van der Waals surface area contributed by atoms with Crippen molar-refractivity contribution >= 4 is 22.8 Å². The standard InChI is InChI=1S/C20H26FN7O/c1-14(12-15-13-22-17-5-3-2-4-16(15)17)23-19(29)18-24-20(26-25-18)28-10-8-27(7-6-21)9-11-28/h2-5,13-14,22H,6-12H2,1H3,(H,23,29)(H,24,25,26). The average molecular weight is 399 g/mol. The summed E-state index contributed by atoms with van der Waals surface area (Å²) in [5.41, 5.74) is 2.25. The number of alkyl halides is 1. The third-order valence-electron chi connectivity index (χ3n) is 5.34. The van der Waals surface area contributed by atoms with Crippen LogP contribution in [-0.2, 0) is 6.42 Å². The Labute approximate surface area is 168 Å². The molecule has 0 radical (unpaired) electrons. The van der Waals surface area contributed by atoms with E-state index in [4.69, 9.17) is 0 Å². The summed E-state index contributed by atoms with van der Waals surface area (Å²) in [6.45, 7) is 5.11. The van der Waals surface area contributed by atoms with Crippen molar-refractivity contribution in [2.24, 2.45) is 0 Å². The number of nitrogens with one attached hydrogen (secondary N) is 3. The van der Waals surface area contributed by atoms with Crippen molar-refractivity contribution in [3.05, 3.63) is 41.9 Å². The minimum absolute atomic E-state index is 0.0560. The Morgan fingerprint density at radius 2 is 2.03 bits per heavy atom. The lowest BCUT2D eigenvalue weighted by Gasteiger charge is -2.33. The Morgan fingerprint density at radius 3 is 2.83 bits per heavy atom. The number of fused-ring (bicyclic) bond motifs is 1. The van der Waals surface area contributed by atoms with E-state index in [1.54, 1.807) is 0 Å². The summed E-state index contributed by atoms with van der Waals surface area (Å²) >= 11 is 0. The fourth-order valence-electron chi connectivity index (χ4n) is 3.77. The highest BCUT2D eigenvalue weighted by molar-refractivity contribution is 5.91. The number of carbonyl (C=O) groups is 1. The van der Waals surface area contributed by atoms with Crippen molar-refractivity contribution in [3.63, 3.8) is 0 Å². The fourth-order valence-corrected chi connectivity index (χ4v) is 3.77. The first-order valence-electron chi connectivity index (χ1n) is 9.96. The highest BCUT2D eigenvalue weighted by Gasteiger charge is 2.21. The summed E-state index contributed by atoms with van der Waals surface area (Å²) in [6, 6.07) is 8.06. The Hall–Kier alpha value is -2.94. The van der Waals surface area contributed by atoms with Crippen molar-refractivity contribution in [2.75, 3.05) is 44.3 Å². The van der Waals surface area contributed by atoms with Crippen molar-refractivity contribution < 1.29 is 9.18 Å². The number of aromatic nitrogens is 4. The molecule has 154 valence electrons. The second kappa shape index (κ2) is 8.60. The van der Waals surface area contributed by atoms with Gasteiger partial charge in [0.05, 0.1) is 0 Å². The zero-order chi connectivity index (χ0) is 20.2. The van der Waals surface area contributed by atoms with Gasteiger partial charge in [-0.05, 0) is 25.0 Å². The van der Waals surface area contributed by atoms with Crippen LogP contribution in [0, 0.1) is 0 Å². The minimum Gasteiger partial charge on any atom is -0.361 e. The molecule has 3 aromatic rings. The number of nitrogens with zero attached hydrogens (tertiary/aromatic N) is 4. The molecule has 2 aromatic heterocycles. The lowest BCUT2D eigenvalue weighted by molar-refractivity contribution is 0.0930. The maximum absolute atomic E-state index is 12.6. The number of hydrogen-bond donors (Lipinski definition) is 3. The molecule has 1 aromatic carbocycles. The van der Waals surface area contributed by atoms with Crippen molar-refractivity contribution in [1.29, 1.82) is 0 Å². The summed E-state index contributed by atoms with van der Waals surface area (Å²) in [7, 11) is 0. The monoisotopic (exact) mass is 399 g/mol. The number of carbonyl (C=O) groups excluding carboxylic acids is 1. The van der Waals surface area contributed by atoms with Gasteiger partial charge >= 0.3 is 0 Å². The Kier molecular flexibility index (Phi) is 5.75. The van der Waals surface area contributed by atoms with E-state index in [0.29, 0.717) is 18.9 Å². The second-order valence-corrected chi connectivity index (χ2v) is 7.45. The predicted molar refractivity (Wildman–Crippen MR) is 110 cm³/mol. The van der Waals surface area contributed by atoms with Crippen LogP contribution in [0.15, 0.2) is 30.5 Å². The molecular weight excluding hydrogens is 373 g/mol. The molecule has 3 heterocycles. The average Bonchev–Trinajstić information content (AvgIpc) is 3.37. The molecular formula is C20H26FN7O. The van der Waals surface area contributed by atoms with Crippen LogP contribution in [0.2, 0.25) is 0 Å². The Bertz CT molecular complexity index is 961. The number of para-hydroxylation sites is 1. The van der Waals surface area contributed by atoms with Gasteiger partial charge in [-0.3, -0.25) is 9.69 Å². The SMILES string of the molecule is CC(Cc1c[nH]c2ccccc12)NC(=O)c1nnc(N2CCN(CCF)CC2)[nH]1. The number of benzene rings is 1. The zero-order valence-corrected chi connectivity index (χ0v) is 16.5.